The predicted molar refractivity (Wildman–Crippen MR) is 93.3 cm³/mol. The van der Waals surface area contributed by atoms with E-state index in [1.807, 2.05) is 0 Å². The molecule has 1 fully saturated rings. The number of carbonyl (C=O) groups is 1. The number of aryl methyl sites for hydroxylation is 1. The van der Waals surface area contributed by atoms with E-state index in [0.717, 1.165) is 12.8 Å². The number of anilines is 1. The van der Waals surface area contributed by atoms with Crippen LogP contribution in [0.4, 0.5) is 11.4 Å². The third-order valence-corrected chi connectivity index (χ3v) is 4.63. The van der Waals surface area contributed by atoms with Crippen molar-refractivity contribution in [2.24, 2.45) is 11.3 Å². The Hall–Kier alpha value is -2.11. The molecule has 2 atom stereocenters. The molecule has 0 amide bonds. The van der Waals surface area contributed by atoms with Crippen molar-refractivity contribution < 1.29 is 14.8 Å². The average molecular weight is 334 g/mol. The zero-order chi connectivity index (χ0) is 17.9. The smallest absolute Gasteiger partial charge is 0.303 e. The molecule has 0 aliphatic heterocycles. The second-order valence-electron chi connectivity index (χ2n) is 7.76. The molecule has 132 valence electrons. The van der Waals surface area contributed by atoms with Gasteiger partial charge < -0.3 is 10.4 Å². The minimum absolute atomic E-state index is 0.0221. The molecular weight excluding hydrogens is 308 g/mol. The van der Waals surface area contributed by atoms with Gasteiger partial charge in [-0.25, -0.2) is 0 Å². The van der Waals surface area contributed by atoms with E-state index in [-0.39, 0.29) is 23.6 Å². The maximum absolute atomic E-state index is 11.4. The molecule has 0 heterocycles. The van der Waals surface area contributed by atoms with Crippen LogP contribution in [0.15, 0.2) is 18.2 Å². The molecule has 1 aromatic rings. The van der Waals surface area contributed by atoms with Crippen LogP contribution in [0.5, 0.6) is 0 Å². The molecule has 0 bridgehead atoms. The van der Waals surface area contributed by atoms with Gasteiger partial charge >= 0.3 is 5.97 Å². The van der Waals surface area contributed by atoms with Crippen LogP contribution in [0.2, 0.25) is 0 Å². The summed E-state index contributed by atoms with van der Waals surface area (Å²) in [5.74, 6) is -0.321. The van der Waals surface area contributed by atoms with Crippen LogP contribution in [0.25, 0.3) is 0 Å². The number of rotatable bonds is 6. The minimum Gasteiger partial charge on any atom is -0.481 e. The highest BCUT2D eigenvalue weighted by Gasteiger charge is 2.32. The Bertz CT molecular complexity index is 627. The third kappa shape index (κ3) is 4.94. The van der Waals surface area contributed by atoms with Gasteiger partial charge in [0.15, 0.2) is 0 Å². The molecule has 2 N–H and O–H groups in total. The Labute approximate surface area is 142 Å². The number of aliphatic carboxylic acids is 1. The summed E-state index contributed by atoms with van der Waals surface area (Å²) < 4.78 is 0. The Morgan fingerprint density at radius 2 is 2.12 bits per heavy atom. The van der Waals surface area contributed by atoms with Crippen molar-refractivity contribution in [2.75, 3.05) is 5.32 Å². The lowest BCUT2D eigenvalue weighted by Crippen LogP contribution is -2.35. The predicted octanol–water partition coefficient (Wildman–Crippen LogP) is 4.24. The molecule has 1 aliphatic carbocycles. The van der Waals surface area contributed by atoms with Crippen LogP contribution in [0, 0.1) is 21.4 Å². The molecule has 1 aromatic carbocycles. The van der Waals surface area contributed by atoms with Crippen molar-refractivity contribution in [1.29, 1.82) is 0 Å². The summed E-state index contributed by atoms with van der Waals surface area (Å²) in [5, 5.41) is 23.5. The molecule has 1 aliphatic rings. The molecule has 2 rings (SSSR count). The summed E-state index contributed by atoms with van der Waals surface area (Å²) in [7, 11) is 0. The maximum atomic E-state index is 11.4. The highest BCUT2D eigenvalue weighted by atomic mass is 16.6. The zero-order valence-corrected chi connectivity index (χ0v) is 14.5. The second kappa shape index (κ2) is 7.20. The van der Waals surface area contributed by atoms with Crippen molar-refractivity contribution in [3.05, 3.63) is 33.9 Å². The molecule has 0 unspecified atom stereocenters. The number of nitro benzene ring substituents is 1. The monoisotopic (exact) mass is 334 g/mol. The van der Waals surface area contributed by atoms with E-state index >= 15 is 0 Å². The molecule has 0 radical (unpaired) electrons. The Balaban J connectivity index is 2.17. The first-order chi connectivity index (χ1) is 11.2. The lowest BCUT2D eigenvalue weighted by Gasteiger charge is -2.39. The van der Waals surface area contributed by atoms with E-state index in [1.165, 1.54) is 12.5 Å². The first-order valence-corrected chi connectivity index (χ1v) is 8.42. The van der Waals surface area contributed by atoms with Gasteiger partial charge in [-0.2, -0.15) is 0 Å². The first-order valence-electron chi connectivity index (χ1n) is 8.42. The molecule has 1 saturated carbocycles. The molecular formula is C18H26N2O4. The number of carboxylic acid groups (broad SMARTS) is 1. The van der Waals surface area contributed by atoms with Gasteiger partial charge in [0, 0.05) is 18.5 Å². The fourth-order valence-electron chi connectivity index (χ4n) is 3.93. The second-order valence-corrected chi connectivity index (χ2v) is 7.76. The SMILES string of the molecule is C[C@H]1C[C@@H](Nc2ccc(CCC(=O)O)cc2[N+](=O)[O-])CC(C)(C)C1. The third-order valence-electron chi connectivity index (χ3n) is 4.63. The number of benzene rings is 1. The fraction of sp³-hybridized carbons (Fsp3) is 0.611. The number of hydrogen-bond donors (Lipinski definition) is 2. The quantitative estimate of drug-likeness (QED) is 0.599. The molecule has 24 heavy (non-hydrogen) atoms. The van der Waals surface area contributed by atoms with Crippen molar-refractivity contribution >= 4 is 17.3 Å². The van der Waals surface area contributed by atoms with Crippen molar-refractivity contribution in [3.8, 4) is 0 Å². The number of nitro groups is 1. The number of carboxylic acids is 1. The summed E-state index contributed by atoms with van der Waals surface area (Å²) in [4.78, 5) is 21.7. The van der Waals surface area contributed by atoms with E-state index < -0.39 is 10.9 Å². The zero-order valence-electron chi connectivity index (χ0n) is 14.5. The summed E-state index contributed by atoms with van der Waals surface area (Å²) in [6.45, 7) is 6.69. The van der Waals surface area contributed by atoms with Gasteiger partial charge in [-0.3, -0.25) is 14.9 Å². The van der Waals surface area contributed by atoms with Gasteiger partial charge in [0.2, 0.25) is 0 Å². The van der Waals surface area contributed by atoms with Crippen LogP contribution in [-0.4, -0.2) is 22.0 Å². The van der Waals surface area contributed by atoms with Gasteiger partial charge in [-0.05, 0) is 48.6 Å². The number of nitrogens with one attached hydrogen (secondary N) is 1. The molecule has 0 aromatic heterocycles. The van der Waals surface area contributed by atoms with Gasteiger partial charge in [0.25, 0.3) is 5.69 Å². The Morgan fingerprint density at radius 3 is 2.71 bits per heavy atom. The highest BCUT2D eigenvalue weighted by Crippen LogP contribution is 2.40. The highest BCUT2D eigenvalue weighted by molar-refractivity contribution is 5.68. The van der Waals surface area contributed by atoms with E-state index in [1.54, 1.807) is 12.1 Å². The largest absolute Gasteiger partial charge is 0.481 e. The minimum atomic E-state index is -0.904. The van der Waals surface area contributed by atoms with E-state index in [9.17, 15) is 14.9 Å². The first kappa shape index (κ1) is 18.2. The summed E-state index contributed by atoms with van der Waals surface area (Å²) in [6.07, 6.45) is 3.42. The molecule has 0 saturated heterocycles. The average Bonchev–Trinajstić information content (AvgIpc) is 2.43. The van der Waals surface area contributed by atoms with Crippen LogP contribution >= 0.6 is 0 Å². The Morgan fingerprint density at radius 1 is 1.42 bits per heavy atom. The summed E-state index contributed by atoms with van der Waals surface area (Å²) in [6, 6.07) is 5.19. The number of nitrogens with zero attached hydrogens (tertiary/aromatic N) is 1. The molecule has 0 spiro atoms. The standard InChI is InChI=1S/C18H26N2O4/c1-12-8-14(11-18(2,3)10-12)19-15-6-4-13(5-7-17(21)22)9-16(15)20(23)24/h4,6,9,12,14,19H,5,7-8,10-11H2,1-3H3,(H,21,22)/t12-,14+/m0/s1. The van der Waals surface area contributed by atoms with Crippen LogP contribution in [0.3, 0.4) is 0 Å². The summed E-state index contributed by atoms with van der Waals surface area (Å²) >= 11 is 0. The van der Waals surface area contributed by atoms with E-state index in [4.69, 9.17) is 5.11 Å². The normalized spacial score (nSPS) is 22.8. The Kier molecular flexibility index (Phi) is 5.47. The van der Waals surface area contributed by atoms with Crippen molar-refractivity contribution in [1.82, 2.24) is 0 Å². The van der Waals surface area contributed by atoms with Gasteiger partial charge in [0.1, 0.15) is 5.69 Å². The van der Waals surface area contributed by atoms with Crippen molar-refractivity contribution in [3.63, 3.8) is 0 Å². The van der Waals surface area contributed by atoms with Gasteiger partial charge in [0.05, 0.1) is 4.92 Å². The topological polar surface area (TPSA) is 92.5 Å². The number of hydrogen-bond acceptors (Lipinski definition) is 4. The van der Waals surface area contributed by atoms with E-state index in [2.05, 4.69) is 26.1 Å². The van der Waals surface area contributed by atoms with E-state index in [0.29, 0.717) is 23.6 Å². The fourth-order valence-corrected chi connectivity index (χ4v) is 3.93. The maximum Gasteiger partial charge on any atom is 0.303 e. The van der Waals surface area contributed by atoms with Gasteiger partial charge in [-0.15, -0.1) is 0 Å². The van der Waals surface area contributed by atoms with Crippen LogP contribution < -0.4 is 5.32 Å². The molecule has 6 nitrogen and oxygen atoms in total. The van der Waals surface area contributed by atoms with Crippen LogP contribution in [-0.2, 0) is 11.2 Å². The summed E-state index contributed by atoms with van der Waals surface area (Å²) in [5.41, 5.74) is 1.45. The van der Waals surface area contributed by atoms with Gasteiger partial charge in [-0.1, -0.05) is 26.8 Å². The lowest BCUT2D eigenvalue weighted by molar-refractivity contribution is -0.384. The van der Waals surface area contributed by atoms with Crippen molar-refractivity contribution in [2.45, 2.75) is 58.9 Å². The van der Waals surface area contributed by atoms with Crippen LogP contribution in [0.1, 0.15) is 52.0 Å². The molecule has 6 heteroatoms. The lowest BCUT2D eigenvalue weighted by atomic mass is 9.70.